The first kappa shape index (κ1) is 28.6. The summed E-state index contributed by atoms with van der Waals surface area (Å²) in [7, 11) is 0. The third kappa shape index (κ3) is 3.90. The highest BCUT2D eigenvalue weighted by Gasteiger charge is 2.64. The first-order valence-electron chi connectivity index (χ1n) is 13.4. The second-order valence-electron chi connectivity index (χ2n) is 11.0. The molecule has 1 aromatic heterocycles. The molecule has 1 heterocycles. The number of nitrogens with two attached hydrogens (primary N) is 1. The number of phenolic OH excluding ortho intramolecular Hbond substituents is 1. The number of ketones is 2. The Hall–Kier alpha value is -5.54. The molecule has 0 radical (unpaired) electrons. The minimum absolute atomic E-state index is 0.0314. The van der Waals surface area contributed by atoms with E-state index in [4.69, 9.17) is 5.73 Å². The summed E-state index contributed by atoms with van der Waals surface area (Å²) in [5.74, 6) is -9.45. The number of aromatic nitrogens is 2. The van der Waals surface area contributed by atoms with Crippen molar-refractivity contribution in [2.24, 2.45) is 17.6 Å². The summed E-state index contributed by atoms with van der Waals surface area (Å²) >= 11 is 0. The molecule has 3 aliphatic carbocycles. The Labute approximate surface area is 247 Å². The SMILES string of the molecule is C[C@H]1c2ccc(Nc3ncc(-c4cccc([N+](=O)[O-])c4)[nH]3)c(O)c2C(O)=C2C(=O)[C@]3(O)C(O)=C(C(N)=O)C(=O)C[C@@H]3[C@@H](O)[C@@H]21. The molecule has 1 fully saturated rings. The van der Waals surface area contributed by atoms with E-state index in [2.05, 4.69) is 15.3 Å². The number of phenols is 1. The number of non-ortho nitro benzene ring substituents is 1. The molecule has 6 rings (SSSR count). The van der Waals surface area contributed by atoms with Crippen LogP contribution in [0.4, 0.5) is 17.3 Å². The van der Waals surface area contributed by atoms with Crippen molar-refractivity contribution < 1.29 is 44.8 Å². The number of benzene rings is 2. The fourth-order valence-corrected chi connectivity index (χ4v) is 6.54. The zero-order chi connectivity index (χ0) is 31.8. The third-order valence-corrected chi connectivity index (χ3v) is 8.70. The smallest absolute Gasteiger partial charge is 0.270 e. The van der Waals surface area contributed by atoms with Gasteiger partial charge in [-0.2, -0.15) is 0 Å². The number of primary amides is 1. The van der Waals surface area contributed by atoms with Crippen molar-refractivity contribution in [3.8, 4) is 17.0 Å². The number of Topliss-reactive ketones (excluding diaryl/α,β-unsaturated/α-hetero) is 2. The van der Waals surface area contributed by atoms with Crippen LogP contribution in [0.5, 0.6) is 5.75 Å². The van der Waals surface area contributed by atoms with Gasteiger partial charge in [-0.1, -0.05) is 25.1 Å². The Balaban J connectivity index is 1.41. The molecule has 226 valence electrons. The predicted molar refractivity (Wildman–Crippen MR) is 151 cm³/mol. The van der Waals surface area contributed by atoms with Gasteiger partial charge in [0.05, 0.1) is 34.2 Å². The molecule has 0 unspecified atom stereocenters. The zero-order valence-electron chi connectivity index (χ0n) is 22.8. The second-order valence-corrected chi connectivity index (χ2v) is 11.0. The summed E-state index contributed by atoms with van der Waals surface area (Å²) in [6.07, 6.45) is -0.878. The van der Waals surface area contributed by atoms with E-state index in [0.717, 1.165) is 0 Å². The summed E-state index contributed by atoms with van der Waals surface area (Å²) < 4.78 is 0. The largest absolute Gasteiger partial charge is 0.508 e. The van der Waals surface area contributed by atoms with Crippen LogP contribution in [0.1, 0.15) is 30.4 Å². The van der Waals surface area contributed by atoms with Crippen molar-refractivity contribution in [1.82, 2.24) is 9.97 Å². The molecule has 15 nitrogen and oxygen atoms in total. The lowest BCUT2D eigenvalue weighted by molar-refractivity contribution is -0.384. The van der Waals surface area contributed by atoms with Crippen LogP contribution in [0.3, 0.4) is 0 Å². The van der Waals surface area contributed by atoms with Gasteiger partial charge in [0, 0.05) is 41.5 Å². The van der Waals surface area contributed by atoms with Crippen molar-refractivity contribution in [2.75, 3.05) is 5.32 Å². The first-order chi connectivity index (χ1) is 20.8. The lowest BCUT2D eigenvalue weighted by Crippen LogP contribution is -2.63. The van der Waals surface area contributed by atoms with Crippen molar-refractivity contribution in [2.45, 2.75) is 31.0 Å². The highest BCUT2D eigenvalue weighted by molar-refractivity contribution is 6.23. The average molecular weight is 604 g/mol. The van der Waals surface area contributed by atoms with Crippen LogP contribution in [-0.4, -0.2) is 69.6 Å². The highest BCUT2D eigenvalue weighted by atomic mass is 16.6. The molecule has 0 bridgehead atoms. The monoisotopic (exact) mass is 603 g/mol. The summed E-state index contributed by atoms with van der Waals surface area (Å²) in [4.78, 5) is 56.0. The number of anilines is 2. The van der Waals surface area contributed by atoms with Gasteiger partial charge >= 0.3 is 0 Å². The molecule has 1 saturated carbocycles. The van der Waals surface area contributed by atoms with Gasteiger partial charge in [0.25, 0.3) is 11.6 Å². The van der Waals surface area contributed by atoms with E-state index in [-0.39, 0.29) is 22.9 Å². The number of hydrogen-bond acceptors (Lipinski definition) is 12. The summed E-state index contributed by atoms with van der Waals surface area (Å²) in [6.45, 7) is 1.62. The molecular formula is C29H25N5O10. The Morgan fingerprint density at radius 3 is 2.61 bits per heavy atom. The van der Waals surface area contributed by atoms with Gasteiger partial charge < -0.3 is 41.6 Å². The van der Waals surface area contributed by atoms with E-state index >= 15 is 0 Å². The van der Waals surface area contributed by atoms with Gasteiger partial charge in [0.15, 0.2) is 11.4 Å². The zero-order valence-corrected chi connectivity index (χ0v) is 22.8. The maximum atomic E-state index is 13.8. The Kier molecular flexibility index (Phi) is 6.33. The van der Waals surface area contributed by atoms with Gasteiger partial charge in [0.2, 0.25) is 11.7 Å². The predicted octanol–water partition coefficient (Wildman–Crippen LogP) is 2.00. The van der Waals surface area contributed by atoms with E-state index in [1.54, 1.807) is 19.1 Å². The van der Waals surface area contributed by atoms with Crippen LogP contribution < -0.4 is 11.1 Å². The van der Waals surface area contributed by atoms with Gasteiger partial charge in [-0.15, -0.1) is 0 Å². The number of hydrogen-bond donors (Lipinski definition) is 8. The number of rotatable bonds is 5. The van der Waals surface area contributed by atoms with E-state index in [1.165, 1.54) is 30.5 Å². The molecule has 9 N–H and O–H groups in total. The number of imidazole rings is 1. The molecule has 0 aliphatic heterocycles. The normalized spacial score (nSPS) is 26.2. The van der Waals surface area contributed by atoms with Gasteiger partial charge in [-0.3, -0.25) is 24.5 Å². The Morgan fingerprint density at radius 2 is 1.93 bits per heavy atom. The lowest BCUT2D eigenvalue weighted by Gasteiger charge is -2.50. The number of carbonyl (C=O) groups excluding carboxylic acids is 3. The Bertz CT molecular complexity index is 1880. The number of aromatic hydroxyl groups is 1. The fraction of sp³-hybridized carbons (Fsp3) is 0.241. The van der Waals surface area contributed by atoms with Gasteiger partial charge in [-0.05, 0) is 17.5 Å². The number of nitro groups is 1. The molecule has 5 atom stereocenters. The number of aliphatic hydroxyl groups is 4. The van der Waals surface area contributed by atoms with Crippen LogP contribution in [0.25, 0.3) is 17.0 Å². The number of fused-ring (bicyclic) bond motifs is 3. The number of nitro benzene ring substituents is 1. The average Bonchev–Trinajstić information content (AvgIpc) is 3.45. The van der Waals surface area contributed by atoms with Gasteiger partial charge in [0.1, 0.15) is 22.8 Å². The number of H-pyrrole nitrogens is 1. The van der Waals surface area contributed by atoms with E-state index in [9.17, 15) is 50.0 Å². The number of aromatic amines is 1. The molecule has 15 heteroatoms. The molecule has 3 aliphatic rings. The molecule has 0 spiro atoms. The van der Waals surface area contributed by atoms with Gasteiger partial charge in [-0.25, -0.2) is 4.98 Å². The number of nitrogens with zero attached hydrogens (tertiary/aromatic N) is 2. The number of nitrogens with one attached hydrogen (secondary N) is 2. The lowest BCUT2D eigenvalue weighted by atomic mass is 9.55. The van der Waals surface area contributed by atoms with E-state index < -0.39 is 86.7 Å². The number of amides is 1. The molecule has 44 heavy (non-hydrogen) atoms. The van der Waals surface area contributed by atoms with Crippen molar-refractivity contribution in [3.63, 3.8) is 0 Å². The molecular weight excluding hydrogens is 578 g/mol. The molecule has 1 amide bonds. The maximum absolute atomic E-state index is 13.8. The highest BCUT2D eigenvalue weighted by Crippen LogP contribution is 2.56. The van der Waals surface area contributed by atoms with Crippen LogP contribution >= 0.6 is 0 Å². The summed E-state index contributed by atoms with van der Waals surface area (Å²) in [6, 6.07) is 8.87. The summed E-state index contributed by atoms with van der Waals surface area (Å²) in [5, 5.41) is 70.2. The Morgan fingerprint density at radius 1 is 1.20 bits per heavy atom. The molecule has 3 aromatic rings. The quantitative estimate of drug-likeness (QED) is 0.0901. The standard InChI is InChI=1S/C29H25N5O10/c1-10-13-5-6-15(32-28-31-9-16(33-28)11-3-2-4-12(7-11)34(43)44)23(37)19(13)24(38)21-18(10)22(36)14-8-17(35)20(27(30)41)25(39)29(14,42)26(21)40/h2-7,9-10,14,18,22,36-39,42H,8H2,1H3,(H2,30,41)(H2,31,32,33)/t10-,14+,18+,22+,29+/m0/s1. The molecule has 0 saturated heterocycles. The van der Waals surface area contributed by atoms with E-state index in [1.807, 2.05) is 0 Å². The van der Waals surface area contributed by atoms with Crippen molar-refractivity contribution >= 4 is 40.6 Å². The number of aliphatic hydroxyl groups excluding tert-OH is 3. The fourth-order valence-electron chi connectivity index (χ4n) is 6.54. The van der Waals surface area contributed by atoms with Crippen LogP contribution in [-0.2, 0) is 14.4 Å². The second kappa shape index (κ2) is 9.75. The summed E-state index contributed by atoms with van der Waals surface area (Å²) in [5.41, 5.74) is 1.77. The van der Waals surface area contributed by atoms with Crippen LogP contribution in [0, 0.1) is 22.0 Å². The minimum atomic E-state index is -2.93. The first-order valence-corrected chi connectivity index (χ1v) is 13.4. The van der Waals surface area contributed by atoms with E-state index in [0.29, 0.717) is 16.8 Å². The van der Waals surface area contributed by atoms with Crippen LogP contribution in [0.15, 0.2) is 59.5 Å². The minimum Gasteiger partial charge on any atom is -0.508 e. The maximum Gasteiger partial charge on any atom is 0.270 e. The number of carbonyl (C=O) groups is 3. The third-order valence-electron chi connectivity index (χ3n) is 8.70. The topological polar surface area (TPSA) is 262 Å². The van der Waals surface area contributed by atoms with Crippen molar-refractivity contribution in [1.29, 1.82) is 0 Å². The van der Waals surface area contributed by atoms with Crippen molar-refractivity contribution in [3.05, 3.63) is 80.7 Å². The van der Waals surface area contributed by atoms with Crippen LogP contribution in [0.2, 0.25) is 0 Å². The molecule has 2 aromatic carbocycles.